The lowest BCUT2D eigenvalue weighted by molar-refractivity contribution is -0.122. The summed E-state index contributed by atoms with van der Waals surface area (Å²) >= 11 is 0. The Morgan fingerprint density at radius 3 is 2.27 bits per heavy atom. The average molecular weight is 469 g/mol. The number of methoxy groups -OCH3 is 1. The Kier molecular flexibility index (Phi) is 7.60. The minimum absolute atomic E-state index is 0.0960. The van der Waals surface area contributed by atoms with E-state index in [0.29, 0.717) is 29.3 Å². The van der Waals surface area contributed by atoms with E-state index in [1.165, 1.54) is 19.2 Å². The summed E-state index contributed by atoms with van der Waals surface area (Å²) in [5.41, 5.74) is 2.78. The van der Waals surface area contributed by atoms with Gasteiger partial charge in [0.05, 0.1) is 17.7 Å². The Labute approximate surface area is 194 Å². The first-order valence-corrected chi connectivity index (χ1v) is 12.0. The van der Waals surface area contributed by atoms with Crippen molar-refractivity contribution in [3.63, 3.8) is 0 Å². The van der Waals surface area contributed by atoms with Crippen molar-refractivity contribution in [1.82, 2.24) is 0 Å². The van der Waals surface area contributed by atoms with Crippen LogP contribution in [0.1, 0.15) is 24.5 Å². The standard InChI is InChI=1S/C25H28N2O5S/c1-5-22(32-24-9-7-6-8-23(24)31-4)25(28)26-19-12-14-20(15-13-19)33(29,30)27-21-16-17(2)10-11-18(21)3/h6-16,22,27H,5H2,1-4H3,(H,26,28)/t22-/m0/s1. The third-order valence-corrected chi connectivity index (χ3v) is 6.45. The second kappa shape index (κ2) is 10.4. The Morgan fingerprint density at radius 2 is 1.64 bits per heavy atom. The number of carbonyl (C=O) groups is 1. The number of rotatable bonds is 9. The molecule has 7 nitrogen and oxygen atoms in total. The van der Waals surface area contributed by atoms with E-state index in [4.69, 9.17) is 9.47 Å². The van der Waals surface area contributed by atoms with E-state index in [1.54, 1.807) is 36.4 Å². The normalized spacial score (nSPS) is 12.0. The highest BCUT2D eigenvalue weighted by Gasteiger charge is 2.21. The van der Waals surface area contributed by atoms with Gasteiger partial charge in [-0.15, -0.1) is 0 Å². The number of anilines is 2. The summed E-state index contributed by atoms with van der Waals surface area (Å²) in [5, 5.41) is 2.78. The molecule has 0 spiro atoms. The van der Waals surface area contributed by atoms with Gasteiger partial charge in [-0.2, -0.15) is 0 Å². The molecule has 0 saturated carbocycles. The first-order chi connectivity index (χ1) is 15.7. The summed E-state index contributed by atoms with van der Waals surface area (Å²) in [6, 6.07) is 18.7. The molecule has 0 fully saturated rings. The lowest BCUT2D eigenvalue weighted by Gasteiger charge is -2.19. The second-order valence-corrected chi connectivity index (χ2v) is 9.29. The molecule has 0 aliphatic heterocycles. The van der Waals surface area contributed by atoms with Crippen molar-refractivity contribution in [3.8, 4) is 11.5 Å². The van der Waals surface area contributed by atoms with Crippen molar-refractivity contribution < 1.29 is 22.7 Å². The number of sulfonamides is 1. The molecule has 0 saturated heterocycles. The van der Waals surface area contributed by atoms with Crippen molar-refractivity contribution in [3.05, 3.63) is 77.9 Å². The predicted octanol–water partition coefficient (Wildman–Crippen LogP) is 4.91. The fourth-order valence-electron chi connectivity index (χ4n) is 3.18. The van der Waals surface area contributed by atoms with Crippen LogP contribution in [0, 0.1) is 13.8 Å². The van der Waals surface area contributed by atoms with E-state index in [-0.39, 0.29) is 10.8 Å². The quantitative estimate of drug-likeness (QED) is 0.465. The van der Waals surface area contributed by atoms with Crippen LogP contribution in [0.15, 0.2) is 71.6 Å². The highest BCUT2D eigenvalue weighted by atomic mass is 32.2. The van der Waals surface area contributed by atoms with Crippen molar-refractivity contribution in [2.24, 2.45) is 0 Å². The van der Waals surface area contributed by atoms with E-state index < -0.39 is 16.1 Å². The van der Waals surface area contributed by atoms with E-state index in [1.807, 2.05) is 39.0 Å². The summed E-state index contributed by atoms with van der Waals surface area (Å²) in [6.07, 6.45) is -0.300. The lowest BCUT2D eigenvalue weighted by atomic mass is 10.1. The van der Waals surface area contributed by atoms with Crippen molar-refractivity contribution in [1.29, 1.82) is 0 Å². The van der Waals surface area contributed by atoms with E-state index in [9.17, 15) is 13.2 Å². The molecular weight excluding hydrogens is 440 g/mol. The van der Waals surface area contributed by atoms with Gasteiger partial charge in [-0.1, -0.05) is 31.2 Å². The molecule has 0 aliphatic carbocycles. The Balaban J connectivity index is 1.70. The highest BCUT2D eigenvalue weighted by molar-refractivity contribution is 7.92. The molecule has 0 unspecified atom stereocenters. The van der Waals surface area contributed by atoms with E-state index in [2.05, 4.69) is 10.0 Å². The molecule has 0 heterocycles. The van der Waals surface area contributed by atoms with Crippen LogP contribution in [-0.4, -0.2) is 27.5 Å². The molecular formula is C25H28N2O5S. The van der Waals surface area contributed by atoms with Gasteiger partial charge in [0.25, 0.3) is 15.9 Å². The van der Waals surface area contributed by atoms with Crippen molar-refractivity contribution >= 4 is 27.3 Å². The zero-order chi connectivity index (χ0) is 24.0. The molecule has 3 aromatic rings. The fourth-order valence-corrected chi connectivity index (χ4v) is 4.30. The first kappa shape index (κ1) is 24.1. The molecule has 174 valence electrons. The largest absolute Gasteiger partial charge is 0.493 e. The smallest absolute Gasteiger partial charge is 0.265 e. The van der Waals surface area contributed by atoms with E-state index in [0.717, 1.165) is 11.1 Å². The SMILES string of the molecule is CC[C@H](Oc1ccccc1OC)C(=O)Nc1ccc(S(=O)(=O)Nc2cc(C)ccc2C)cc1. The van der Waals surface area contributed by atoms with Crippen LogP contribution in [0.25, 0.3) is 0 Å². The number of aryl methyl sites for hydroxylation is 2. The number of benzene rings is 3. The van der Waals surface area contributed by atoms with Gasteiger partial charge in [-0.05, 0) is 73.9 Å². The van der Waals surface area contributed by atoms with Gasteiger partial charge >= 0.3 is 0 Å². The minimum atomic E-state index is -3.77. The number of ether oxygens (including phenoxy) is 2. The second-order valence-electron chi connectivity index (χ2n) is 7.60. The summed E-state index contributed by atoms with van der Waals surface area (Å²) in [4.78, 5) is 12.8. The number of hydrogen-bond donors (Lipinski definition) is 2. The molecule has 1 amide bonds. The number of hydrogen-bond acceptors (Lipinski definition) is 5. The third-order valence-electron chi connectivity index (χ3n) is 5.07. The number of carbonyl (C=O) groups excluding carboxylic acids is 1. The molecule has 2 N–H and O–H groups in total. The summed E-state index contributed by atoms with van der Waals surface area (Å²) in [5.74, 6) is 0.670. The molecule has 0 bridgehead atoms. The molecule has 3 aromatic carbocycles. The molecule has 8 heteroatoms. The zero-order valence-corrected chi connectivity index (χ0v) is 19.9. The Bertz CT molecular complexity index is 1220. The predicted molar refractivity (Wildman–Crippen MR) is 129 cm³/mol. The molecule has 0 radical (unpaired) electrons. The van der Waals surface area contributed by atoms with Crippen LogP contribution in [0.4, 0.5) is 11.4 Å². The zero-order valence-electron chi connectivity index (χ0n) is 19.1. The molecule has 33 heavy (non-hydrogen) atoms. The Morgan fingerprint density at radius 1 is 0.970 bits per heavy atom. The maximum Gasteiger partial charge on any atom is 0.265 e. The topological polar surface area (TPSA) is 93.7 Å². The van der Waals surface area contributed by atoms with Gasteiger partial charge in [0, 0.05) is 5.69 Å². The number of para-hydroxylation sites is 2. The van der Waals surface area contributed by atoms with Crippen molar-refractivity contribution in [2.45, 2.75) is 38.2 Å². The fraction of sp³-hybridized carbons (Fsp3) is 0.240. The van der Waals surface area contributed by atoms with Crippen LogP contribution in [-0.2, 0) is 14.8 Å². The average Bonchev–Trinajstić information content (AvgIpc) is 2.80. The summed E-state index contributed by atoms with van der Waals surface area (Å²) in [6.45, 7) is 5.58. The van der Waals surface area contributed by atoms with Crippen LogP contribution >= 0.6 is 0 Å². The van der Waals surface area contributed by atoms with Gasteiger partial charge in [-0.25, -0.2) is 8.42 Å². The van der Waals surface area contributed by atoms with Crippen LogP contribution in [0.2, 0.25) is 0 Å². The highest BCUT2D eigenvalue weighted by Crippen LogP contribution is 2.28. The maximum atomic E-state index is 12.8. The van der Waals surface area contributed by atoms with Gasteiger partial charge < -0.3 is 14.8 Å². The first-order valence-electron chi connectivity index (χ1n) is 10.5. The van der Waals surface area contributed by atoms with E-state index >= 15 is 0 Å². The maximum absolute atomic E-state index is 12.8. The van der Waals surface area contributed by atoms with Gasteiger partial charge in [0.1, 0.15) is 0 Å². The molecule has 1 atom stereocenters. The summed E-state index contributed by atoms with van der Waals surface area (Å²) in [7, 11) is -2.23. The number of amides is 1. The van der Waals surface area contributed by atoms with Crippen LogP contribution < -0.4 is 19.5 Å². The number of nitrogens with one attached hydrogen (secondary N) is 2. The minimum Gasteiger partial charge on any atom is -0.493 e. The van der Waals surface area contributed by atoms with Crippen molar-refractivity contribution in [2.75, 3.05) is 17.1 Å². The monoisotopic (exact) mass is 468 g/mol. The summed E-state index contributed by atoms with van der Waals surface area (Å²) < 4.78 is 39.3. The lowest BCUT2D eigenvalue weighted by Crippen LogP contribution is -2.32. The third kappa shape index (κ3) is 6.04. The van der Waals surface area contributed by atoms with Gasteiger partial charge in [0.15, 0.2) is 17.6 Å². The van der Waals surface area contributed by atoms with Gasteiger partial charge in [0.2, 0.25) is 0 Å². The molecule has 3 rings (SSSR count). The van der Waals surface area contributed by atoms with Gasteiger partial charge in [-0.3, -0.25) is 9.52 Å². The Hall–Kier alpha value is -3.52. The molecule has 0 aliphatic rings. The van der Waals surface area contributed by atoms with Crippen LogP contribution in [0.5, 0.6) is 11.5 Å². The van der Waals surface area contributed by atoms with Crippen LogP contribution in [0.3, 0.4) is 0 Å². The molecule has 0 aromatic heterocycles.